The second-order valence-electron chi connectivity index (χ2n) is 4.60. The molecule has 0 radical (unpaired) electrons. The molecule has 0 aliphatic carbocycles. The molecule has 0 saturated carbocycles. The quantitative estimate of drug-likeness (QED) is 0.808. The van der Waals surface area contributed by atoms with Crippen molar-refractivity contribution in [3.05, 3.63) is 22.7 Å². The van der Waals surface area contributed by atoms with Crippen molar-refractivity contribution in [1.29, 1.82) is 0 Å². The van der Waals surface area contributed by atoms with E-state index < -0.39 is 0 Å². The van der Waals surface area contributed by atoms with Gasteiger partial charge in [-0.15, -0.1) is 0 Å². The minimum atomic E-state index is -0.319. The van der Waals surface area contributed by atoms with Crippen molar-refractivity contribution in [3.63, 3.8) is 0 Å². The summed E-state index contributed by atoms with van der Waals surface area (Å²) in [5.41, 5.74) is 6.47. The first-order chi connectivity index (χ1) is 9.02. The number of rotatable bonds is 2. The average molecular weight is 285 g/mol. The van der Waals surface area contributed by atoms with Gasteiger partial charge < -0.3 is 20.5 Å². The molecule has 1 amide bonds. The molecule has 19 heavy (non-hydrogen) atoms. The van der Waals surface area contributed by atoms with Crippen LogP contribution in [0.4, 0.5) is 5.69 Å². The highest BCUT2D eigenvalue weighted by Gasteiger charge is 2.25. The van der Waals surface area contributed by atoms with E-state index in [9.17, 15) is 9.90 Å². The summed E-state index contributed by atoms with van der Waals surface area (Å²) in [7, 11) is 1.49. The highest BCUT2D eigenvalue weighted by Crippen LogP contribution is 2.30. The maximum Gasteiger partial charge on any atom is 0.257 e. The molecule has 0 atom stereocenters. The van der Waals surface area contributed by atoms with Gasteiger partial charge in [-0.1, -0.05) is 11.6 Å². The number of nitrogens with zero attached hydrogens (tertiary/aromatic N) is 1. The summed E-state index contributed by atoms with van der Waals surface area (Å²) in [4.78, 5) is 14.1. The minimum Gasteiger partial charge on any atom is -0.496 e. The number of halogens is 1. The van der Waals surface area contributed by atoms with Crippen molar-refractivity contribution in [2.24, 2.45) is 0 Å². The van der Waals surface area contributed by atoms with Crippen molar-refractivity contribution in [1.82, 2.24) is 4.90 Å². The number of carbonyl (C=O) groups is 1. The third kappa shape index (κ3) is 2.93. The molecular formula is C13H17ClN2O3. The first kappa shape index (κ1) is 14.0. The van der Waals surface area contributed by atoms with Crippen LogP contribution in [0.25, 0.3) is 0 Å². The number of hydrogen-bond acceptors (Lipinski definition) is 4. The van der Waals surface area contributed by atoms with Crippen LogP contribution >= 0.6 is 11.6 Å². The lowest BCUT2D eigenvalue weighted by Gasteiger charge is -2.30. The lowest BCUT2D eigenvalue weighted by atomic mass is 10.1. The van der Waals surface area contributed by atoms with Crippen LogP contribution in [0.1, 0.15) is 23.2 Å². The zero-order valence-electron chi connectivity index (χ0n) is 10.7. The molecule has 1 aliphatic heterocycles. The van der Waals surface area contributed by atoms with Gasteiger partial charge in [-0.2, -0.15) is 0 Å². The molecule has 6 heteroatoms. The van der Waals surface area contributed by atoms with Crippen LogP contribution in [0, 0.1) is 0 Å². The fourth-order valence-electron chi connectivity index (χ4n) is 2.14. The van der Waals surface area contributed by atoms with Gasteiger partial charge in [0.15, 0.2) is 0 Å². The van der Waals surface area contributed by atoms with E-state index >= 15 is 0 Å². The molecule has 0 aromatic heterocycles. The van der Waals surface area contributed by atoms with E-state index in [-0.39, 0.29) is 12.0 Å². The SMILES string of the molecule is COc1cc(N)c(Cl)cc1C(=O)N1CCC(O)CC1. The minimum absolute atomic E-state index is 0.148. The molecule has 2 rings (SSSR count). The van der Waals surface area contributed by atoms with Gasteiger partial charge in [0.2, 0.25) is 0 Å². The molecule has 3 N–H and O–H groups in total. The highest BCUT2D eigenvalue weighted by molar-refractivity contribution is 6.33. The summed E-state index contributed by atoms with van der Waals surface area (Å²) < 4.78 is 5.18. The number of nitrogens with two attached hydrogens (primary N) is 1. The Labute approximate surface area is 116 Å². The van der Waals surface area contributed by atoms with Gasteiger partial charge in [0.1, 0.15) is 5.75 Å². The fourth-order valence-corrected chi connectivity index (χ4v) is 2.31. The van der Waals surface area contributed by atoms with Gasteiger partial charge in [0.05, 0.1) is 29.5 Å². The van der Waals surface area contributed by atoms with E-state index in [1.807, 2.05) is 0 Å². The van der Waals surface area contributed by atoms with E-state index in [0.29, 0.717) is 48.0 Å². The summed E-state index contributed by atoms with van der Waals surface area (Å²) in [5.74, 6) is 0.267. The number of anilines is 1. The Bertz CT molecular complexity index is 485. The van der Waals surface area contributed by atoms with E-state index in [1.54, 1.807) is 11.0 Å². The summed E-state index contributed by atoms with van der Waals surface area (Å²) >= 11 is 5.96. The number of benzene rings is 1. The molecule has 1 heterocycles. The Kier molecular flexibility index (Phi) is 4.17. The van der Waals surface area contributed by atoms with Crippen molar-refractivity contribution in [2.75, 3.05) is 25.9 Å². The average Bonchev–Trinajstić information content (AvgIpc) is 2.41. The highest BCUT2D eigenvalue weighted by atomic mass is 35.5. The molecule has 1 fully saturated rings. The van der Waals surface area contributed by atoms with Crippen LogP contribution in [-0.2, 0) is 0 Å². The van der Waals surface area contributed by atoms with Crippen LogP contribution < -0.4 is 10.5 Å². The summed E-state index contributed by atoms with van der Waals surface area (Å²) in [6.45, 7) is 1.07. The molecule has 0 bridgehead atoms. The first-order valence-electron chi connectivity index (χ1n) is 6.13. The van der Waals surface area contributed by atoms with Gasteiger partial charge in [0, 0.05) is 19.2 Å². The Morgan fingerprint density at radius 2 is 2.11 bits per heavy atom. The fraction of sp³-hybridized carbons (Fsp3) is 0.462. The van der Waals surface area contributed by atoms with Gasteiger partial charge in [-0.3, -0.25) is 4.79 Å². The predicted octanol–water partition coefficient (Wildman–Crippen LogP) is 1.53. The Morgan fingerprint density at radius 1 is 1.47 bits per heavy atom. The Hall–Kier alpha value is -1.46. The summed E-state index contributed by atoms with van der Waals surface area (Å²) in [6, 6.07) is 3.08. The monoisotopic (exact) mass is 284 g/mol. The normalized spacial score (nSPS) is 16.5. The zero-order chi connectivity index (χ0) is 14.0. The number of aliphatic hydroxyl groups is 1. The molecule has 104 valence electrons. The van der Waals surface area contributed by atoms with Crippen LogP contribution in [0.5, 0.6) is 5.75 Å². The number of carbonyl (C=O) groups excluding carboxylic acids is 1. The topological polar surface area (TPSA) is 75.8 Å². The number of hydrogen-bond donors (Lipinski definition) is 2. The van der Waals surface area contributed by atoms with Gasteiger partial charge >= 0.3 is 0 Å². The van der Waals surface area contributed by atoms with Gasteiger partial charge in [-0.25, -0.2) is 0 Å². The van der Waals surface area contributed by atoms with Crippen molar-refractivity contribution < 1.29 is 14.6 Å². The number of aliphatic hydroxyl groups excluding tert-OH is 1. The van der Waals surface area contributed by atoms with Gasteiger partial charge in [-0.05, 0) is 18.9 Å². The second kappa shape index (κ2) is 5.67. The number of ether oxygens (including phenoxy) is 1. The Morgan fingerprint density at radius 3 is 2.68 bits per heavy atom. The molecule has 1 aliphatic rings. The van der Waals surface area contributed by atoms with E-state index in [0.717, 1.165) is 0 Å². The molecule has 1 aromatic rings. The number of amides is 1. The molecule has 5 nitrogen and oxygen atoms in total. The maximum absolute atomic E-state index is 12.4. The number of likely N-dealkylation sites (tertiary alicyclic amines) is 1. The van der Waals surface area contributed by atoms with Crippen LogP contribution in [0.2, 0.25) is 5.02 Å². The van der Waals surface area contributed by atoms with Crippen LogP contribution in [0.15, 0.2) is 12.1 Å². The number of piperidine rings is 1. The van der Waals surface area contributed by atoms with Gasteiger partial charge in [0.25, 0.3) is 5.91 Å². The molecule has 0 spiro atoms. The zero-order valence-corrected chi connectivity index (χ0v) is 11.5. The number of methoxy groups -OCH3 is 1. The van der Waals surface area contributed by atoms with Crippen LogP contribution in [-0.4, -0.2) is 42.2 Å². The molecule has 1 saturated heterocycles. The second-order valence-corrected chi connectivity index (χ2v) is 5.00. The molecule has 1 aromatic carbocycles. The van der Waals surface area contributed by atoms with Crippen LogP contribution in [0.3, 0.4) is 0 Å². The van der Waals surface area contributed by atoms with Crippen molar-refractivity contribution >= 4 is 23.2 Å². The summed E-state index contributed by atoms with van der Waals surface area (Å²) in [5, 5.41) is 9.79. The Balaban J connectivity index is 2.25. The van der Waals surface area contributed by atoms with Crippen molar-refractivity contribution in [3.8, 4) is 5.75 Å². The van der Waals surface area contributed by atoms with E-state index in [1.165, 1.54) is 13.2 Å². The first-order valence-corrected chi connectivity index (χ1v) is 6.51. The standard InChI is InChI=1S/C13H17ClN2O3/c1-19-12-7-11(15)10(14)6-9(12)13(18)16-4-2-8(17)3-5-16/h6-8,17H,2-5,15H2,1H3. The third-order valence-electron chi connectivity index (χ3n) is 3.30. The smallest absolute Gasteiger partial charge is 0.257 e. The van der Waals surface area contributed by atoms with E-state index in [4.69, 9.17) is 22.1 Å². The third-order valence-corrected chi connectivity index (χ3v) is 3.63. The number of nitrogen functional groups attached to an aromatic ring is 1. The molecule has 0 unspecified atom stereocenters. The maximum atomic E-state index is 12.4. The lowest BCUT2D eigenvalue weighted by Crippen LogP contribution is -2.40. The molecular weight excluding hydrogens is 268 g/mol. The largest absolute Gasteiger partial charge is 0.496 e. The lowest BCUT2D eigenvalue weighted by molar-refractivity contribution is 0.0544. The summed E-state index contributed by atoms with van der Waals surface area (Å²) in [6.07, 6.45) is 0.869. The predicted molar refractivity (Wildman–Crippen MR) is 73.6 cm³/mol. The van der Waals surface area contributed by atoms with Crippen molar-refractivity contribution in [2.45, 2.75) is 18.9 Å². The van der Waals surface area contributed by atoms with E-state index in [2.05, 4.69) is 0 Å².